The zero-order valence-corrected chi connectivity index (χ0v) is 13.7. The van der Waals surface area contributed by atoms with Crippen molar-refractivity contribution in [1.82, 2.24) is 15.6 Å². The lowest BCUT2D eigenvalue weighted by atomic mass is 10.3. The maximum Gasteiger partial charge on any atom is 0.191 e. The molecular formula is C17H27N5. The van der Waals surface area contributed by atoms with E-state index in [0.29, 0.717) is 12.6 Å². The summed E-state index contributed by atoms with van der Waals surface area (Å²) in [4.78, 5) is 11.6. The van der Waals surface area contributed by atoms with Gasteiger partial charge in [-0.05, 0) is 43.7 Å². The SMILES string of the molecule is CCNC(=NCc1ccc(N2CCCC2)nc1)NC1CC1C. The second kappa shape index (κ2) is 6.99. The smallest absolute Gasteiger partial charge is 0.191 e. The number of pyridine rings is 1. The molecular weight excluding hydrogens is 274 g/mol. The van der Waals surface area contributed by atoms with E-state index in [1.807, 2.05) is 6.20 Å². The highest BCUT2D eigenvalue weighted by atomic mass is 15.2. The number of nitrogens with one attached hydrogen (secondary N) is 2. The molecule has 0 bridgehead atoms. The predicted molar refractivity (Wildman–Crippen MR) is 91.2 cm³/mol. The highest BCUT2D eigenvalue weighted by molar-refractivity contribution is 5.80. The van der Waals surface area contributed by atoms with Crippen molar-refractivity contribution in [2.45, 2.75) is 45.7 Å². The number of guanidine groups is 1. The van der Waals surface area contributed by atoms with E-state index < -0.39 is 0 Å². The van der Waals surface area contributed by atoms with Crippen molar-refractivity contribution in [2.24, 2.45) is 10.9 Å². The van der Waals surface area contributed by atoms with E-state index in [0.717, 1.165) is 42.9 Å². The molecule has 120 valence electrons. The number of anilines is 1. The van der Waals surface area contributed by atoms with Crippen LogP contribution >= 0.6 is 0 Å². The van der Waals surface area contributed by atoms with Crippen molar-refractivity contribution in [3.05, 3.63) is 23.9 Å². The summed E-state index contributed by atoms with van der Waals surface area (Å²) in [5.41, 5.74) is 1.16. The van der Waals surface area contributed by atoms with Gasteiger partial charge in [-0.15, -0.1) is 0 Å². The van der Waals surface area contributed by atoms with Crippen LogP contribution in [0.4, 0.5) is 5.82 Å². The average Bonchev–Trinajstić information content (AvgIpc) is 3.02. The summed E-state index contributed by atoms with van der Waals surface area (Å²) < 4.78 is 0. The second-order valence-electron chi connectivity index (χ2n) is 6.38. The van der Waals surface area contributed by atoms with Crippen LogP contribution in [0.2, 0.25) is 0 Å². The molecule has 5 nitrogen and oxygen atoms in total. The Bertz CT molecular complexity index is 504. The Morgan fingerprint density at radius 2 is 2.14 bits per heavy atom. The lowest BCUT2D eigenvalue weighted by molar-refractivity contribution is 0.766. The fourth-order valence-electron chi connectivity index (χ4n) is 2.83. The Morgan fingerprint density at radius 3 is 2.73 bits per heavy atom. The van der Waals surface area contributed by atoms with Crippen molar-refractivity contribution >= 4 is 11.8 Å². The summed E-state index contributed by atoms with van der Waals surface area (Å²) in [7, 11) is 0. The quantitative estimate of drug-likeness (QED) is 0.646. The molecule has 2 heterocycles. The Hall–Kier alpha value is -1.78. The third-order valence-electron chi connectivity index (χ3n) is 4.43. The molecule has 2 fully saturated rings. The van der Waals surface area contributed by atoms with Crippen molar-refractivity contribution < 1.29 is 0 Å². The van der Waals surface area contributed by atoms with Crippen molar-refractivity contribution in [3.8, 4) is 0 Å². The third-order valence-corrected chi connectivity index (χ3v) is 4.43. The summed E-state index contributed by atoms with van der Waals surface area (Å²) in [6, 6.07) is 4.86. The van der Waals surface area contributed by atoms with Crippen molar-refractivity contribution in [3.63, 3.8) is 0 Å². The van der Waals surface area contributed by atoms with Gasteiger partial charge in [-0.2, -0.15) is 0 Å². The van der Waals surface area contributed by atoms with Gasteiger partial charge in [0.15, 0.2) is 5.96 Å². The molecule has 1 aliphatic carbocycles. The van der Waals surface area contributed by atoms with Crippen LogP contribution < -0.4 is 15.5 Å². The molecule has 3 rings (SSSR count). The molecule has 22 heavy (non-hydrogen) atoms. The van der Waals surface area contributed by atoms with Crippen LogP contribution in [0.25, 0.3) is 0 Å². The summed E-state index contributed by atoms with van der Waals surface area (Å²) >= 11 is 0. The lowest BCUT2D eigenvalue weighted by Crippen LogP contribution is -2.39. The number of aliphatic imine (C=N–C) groups is 1. The highest BCUT2D eigenvalue weighted by Gasteiger charge is 2.33. The second-order valence-corrected chi connectivity index (χ2v) is 6.38. The monoisotopic (exact) mass is 301 g/mol. The lowest BCUT2D eigenvalue weighted by Gasteiger charge is -2.16. The van der Waals surface area contributed by atoms with E-state index in [1.54, 1.807) is 0 Å². The third kappa shape index (κ3) is 3.90. The van der Waals surface area contributed by atoms with E-state index in [-0.39, 0.29) is 0 Å². The zero-order valence-electron chi connectivity index (χ0n) is 13.7. The van der Waals surface area contributed by atoms with Crippen LogP contribution in [0, 0.1) is 5.92 Å². The molecule has 0 radical (unpaired) electrons. The van der Waals surface area contributed by atoms with Gasteiger partial charge in [0.05, 0.1) is 6.54 Å². The molecule has 0 aromatic carbocycles. The summed E-state index contributed by atoms with van der Waals surface area (Å²) in [5, 5.41) is 6.79. The fourth-order valence-corrected chi connectivity index (χ4v) is 2.83. The molecule has 1 aliphatic heterocycles. The predicted octanol–water partition coefficient (Wildman–Crippen LogP) is 2.15. The normalized spacial score (nSPS) is 24.5. The van der Waals surface area contributed by atoms with Gasteiger partial charge in [0.25, 0.3) is 0 Å². The van der Waals surface area contributed by atoms with Crippen molar-refractivity contribution in [1.29, 1.82) is 0 Å². The molecule has 2 atom stereocenters. The first kappa shape index (κ1) is 15.1. The van der Waals surface area contributed by atoms with Crippen molar-refractivity contribution in [2.75, 3.05) is 24.5 Å². The number of nitrogens with zero attached hydrogens (tertiary/aromatic N) is 3. The molecule has 1 saturated heterocycles. The van der Waals surface area contributed by atoms with Crippen LogP contribution in [0.15, 0.2) is 23.3 Å². The first-order chi connectivity index (χ1) is 10.8. The number of hydrogen-bond acceptors (Lipinski definition) is 3. The molecule has 2 aliphatic rings. The topological polar surface area (TPSA) is 52.6 Å². The summed E-state index contributed by atoms with van der Waals surface area (Å²) in [6.45, 7) is 8.20. The van der Waals surface area contributed by atoms with Gasteiger partial charge in [0, 0.05) is 31.9 Å². The first-order valence-electron chi connectivity index (χ1n) is 8.51. The minimum Gasteiger partial charge on any atom is -0.357 e. The minimum atomic E-state index is 0.591. The van der Waals surface area contributed by atoms with E-state index in [2.05, 4.69) is 51.5 Å². The largest absolute Gasteiger partial charge is 0.357 e. The van der Waals surface area contributed by atoms with E-state index in [4.69, 9.17) is 0 Å². The molecule has 0 spiro atoms. The molecule has 2 unspecified atom stereocenters. The van der Waals surface area contributed by atoms with Crippen LogP contribution in [0.1, 0.15) is 38.7 Å². The summed E-state index contributed by atoms with van der Waals surface area (Å²) in [5.74, 6) is 2.79. The zero-order chi connectivity index (χ0) is 15.4. The molecule has 1 saturated carbocycles. The number of rotatable bonds is 5. The minimum absolute atomic E-state index is 0.591. The van der Waals surface area contributed by atoms with E-state index in [1.165, 1.54) is 19.3 Å². The molecule has 0 amide bonds. The number of aromatic nitrogens is 1. The standard InChI is InChI=1S/C17H27N5/c1-3-18-17(21-15-10-13(15)2)20-12-14-6-7-16(19-11-14)22-8-4-5-9-22/h6-7,11,13,15H,3-5,8-10,12H2,1-2H3,(H2,18,20,21). The maximum atomic E-state index is 4.67. The van der Waals surface area contributed by atoms with Gasteiger partial charge >= 0.3 is 0 Å². The highest BCUT2D eigenvalue weighted by Crippen LogP contribution is 2.28. The molecule has 1 aromatic rings. The van der Waals surface area contributed by atoms with Crippen LogP contribution in [0.3, 0.4) is 0 Å². The Balaban J connectivity index is 1.57. The van der Waals surface area contributed by atoms with Gasteiger partial charge < -0.3 is 15.5 Å². The van der Waals surface area contributed by atoms with E-state index in [9.17, 15) is 0 Å². The van der Waals surface area contributed by atoms with Gasteiger partial charge in [0.2, 0.25) is 0 Å². The van der Waals surface area contributed by atoms with Crippen LogP contribution in [-0.4, -0.2) is 36.6 Å². The van der Waals surface area contributed by atoms with Gasteiger partial charge in [-0.25, -0.2) is 9.98 Å². The van der Waals surface area contributed by atoms with Crippen LogP contribution in [-0.2, 0) is 6.54 Å². The maximum absolute atomic E-state index is 4.67. The Labute approximate surface area is 133 Å². The Morgan fingerprint density at radius 1 is 1.36 bits per heavy atom. The van der Waals surface area contributed by atoms with Gasteiger partial charge in [-0.1, -0.05) is 13.0 Å². The first-order valence-corrected chi connectivity index (χ1v) is 8.51. The average molecular weight is 301 g/mol. The Kier molecular flexibility index (Phi) is 4.80. The molecule has 2 N–H and O–H groups in total. The van der Waals surface area contributed by atoms with Crippen LogP contribution in [0.5, 0.6) is 0 Å². The molecule has 1 aromatic heterocycles. The van der Waals surface area contributed by atoms with Gasteiger partial charge in [0.1, 0.15) is 5.82 Å². The van der Waals surface area contributed by atoms with Gasteiger partial charge in [-0.3, -0.25) is 0 Å². The summed E-state index contributed by atoms with van der Waals surface area (Å²) in [6.07, 6.45) is 5.77. The fraction of sp³-hybridized carbons (Fsp3) is 0.647. The number of hydrogen-bond donors (Lipinski definition) is 2. The molecule has 5 heteroatoms. The van der Waals surface area contributed by atoms with E-state index >= 15 is 0 Å².